The molecule has 3 rings (SSSR count). The van der Waals surface area contributed by atoms with Crippen LogP contribution in [-0.4, -0.2) is 22.5 Å². The monoisotopic (exact) mass is 390 g/mol. The van der Waals surface area contributed by atoms with Crippen LogP contribution in [0.4, 0.5) is 23.1 Å². The van der Waals surface area contributed by atoms with Crippen molar-refractivity contribution in [2.75, 3.05) is 17.2 Å². The topological polar surface area (TPSA) is 76.1 Å². The van der Waals surface area contributed by atoms with E-state index in [2.05, 4.69) is 46.6 Å². The predicted molar refractivity (Wildman–Crippen MR) is 116 cm³/mol. The average molecular weight is 390 g/mol. The molecule has 3 aromatic rings. The van der Waals surface area contributed by atoms with Gasteiger partial charge in [0, 0.05) is 17.4 Å². The molecular formula is C23H26N4O2. The molecule has 0 aliphatic carbocycles. The summed E-state index contributed by atoms with van der Waals surface area (Å²) in [6, 6.07) is 17.3. The average Bonchev–Trinajstić information content (AvgIpc) is 2.68. The SMILES string of the molecule is CCOC(=O)c1ccccc1Nc1nc(C)cc(Nc2ccc(C(C)C)cc2)n1. The highest BCUT2D eigenvalue weighted by molar-refractivity contribution is 5.96. The number of hydrogen-bond acceptors (Lipinski definition) is 6. The van der Waals surface area contributed by atoms with Crippen molar-refractivity contribution >= 4 is 29.1 Å². The highest BCUT2D eigenvalue weighted by Gasteiger charge is 2.13. The minimum atomic E-state index is -0.383. The summed E-state index contributed by atoms with van der Waals surface area (Å²) < 4.78 is 5.13. The summed E-state index contributed by atoms with van der Waals surface area (Å²) in [6.45, 7) is 8.34. The number of hydrogen-bond donors (Lipinski definition) is 2. The third-order valence-electron chi connectivity index (χ3n) is 4.37. The Kier molecular flexibility index (Phi) is 6.44. The maximum atomic E-state index is 12.2. The molecule has 29 heavy (non-hydrogen) atoms. The summed E-state index contributed by atoms with van der Waals surface area (Å²) in [5, 5.41) is 6.45. The highest BCUT2D eigenvalue weighted by Crippen LogP contribution is 2.23. The number of benzene rings is 2. The van der Waals surface area contributed by atoms with Crippen molar-refractivity contribution in [2.24, 2.45) is 0 Å². The van der Waals surface area contributed by atoms with E-state index in [4.69, 9.17) is 4.74 Å². The third-order valence-corrected chi connectivity index (χ3v) is 4.37. The quantitative estimate of drug-likeness (QED) is 0.514. The molecule has 0 unspecified atom stereocenters. The van der Waals surface area contributed by atoms with Gasteiger partial charge in [-0.05, 0) is 49.6 Å². The summed E-state index contributed by atoms with van der Waals surface area (Å²) in [4.78, 5) is 21.2. The van der Waals surface area contributed by atoms with E-state index in [1.165, 1.54) is 5.56 Å². The van der Waals surface area contributed by atoms with Gasteiger partial charge in [-0.25, -0.2) is 9.78 Å². The number of nitrogens with zero attached hydrogens (tertiary/aromatic N) is 2. The Bertz CT molecular complexity index is 984. The molecule has 0 aliphatic rings. The third kappa shape index (κ3) is 5.31. The van der Waals surface area contributed by atoms with Crippen molar-refractivity contribution in [3.05, 3.63) is 71.4 Å². The van der Waals surface area contributed by atoms with Gasteiger partial charge in [0.2, 0.25) is 5.95 Å². The lowest BCUT2D eigenvalue weighted by Gasteiger charge is -2.13. The fourth-order valence-electron chi connectivity index (χ4n) is 2.89. The zero-order chi connectivity index (χ0) is 20.8. The number of para-hydroxylation sites is 1. The van der Waals surface area contributed by atoms with Crippen LogP contribution in [0.2, 0.25) is 0 Å². The van der Waals surface area contributed by atoms with Gasteiger partial charge < -0.3 is 15.4 Å². The Morgan fingerprint density at radius 3 is 2.45 bits per heavy atom. The summed E-state index contributed by atoms with van der Waals surface area (Å²) in [7, 11) is 0. The second-order valence-electron chi connectivity index (χ2n) is 7.01. The van der Waals surface area contributed by atoms with Crippen molar-refractivity contribution in [3.63, 3.8) is 0 Å². The fraction of sp³-hybridized carbons (Fsp3) is 0.261. The van der Waals surface area contributed by atoms with Crippen LogP contribution < -0.4 is 10.6 Å². The van der Waals surface area contributed by atoms with E-state index in [-0.39, 0.29) is 5.97 Å². The van der Waals surface area contributed by atoms with Crippen LogP contribution in [-0.2, 0) is 4.74 Å². The van der Waals surface area contributed by atoms with Crippen LogP contribution in [0.3, 0.4) is 0 Å². The van der Waals surface area contributed by atoms with Crippen LogP contribution >= 0.6 is 0 Å². The molecule has 0 aliphatic heterocycles. The summed E-state index contributed by atoms with van der Waals surface area (Å²) in [5.74, 6) is 1.18. The number of esters is 1. The lowest BCUT2D eigenvalue weighted by molar-refractivity contribution is 0.0527. The van der Waals surface area contributed by atoms with E-state index in [1.807, 2.05) is 31.2 Å². The molecule has 2 N–H and O–H groups in total. The number of rotatable bonds is 7. The lowest BCUT2D eigenvalue weighted by atomic mass is 10.0. The molecular weight excluding hydrogens is 364 g/mol. The van der Waals surface area contributed by atoms with E-state index < -0.39 is 0 Å². The summed E-state index contributed by atoms with van der Waals surface area (Å²) >= 11 is 0. The van der Waals surface area contributed by atoms with Gasteiger partial charge in [-0.1, -0.05) is 38.1 Å². The minimum absolute atomic E-state index is 0.317. The molecule has 150 valence electrons. The molecule has 0 spiro atoms. The first-order chi connectivity index (χ1) is 14.0. The van der Waals surface area contributed by atoms with Crippen molar-refractivity contribution < 1.29 is 9.53 Å². The van der Waals surface area contributed by atoms with E-state index >= 15 is 0 Å². The van der Waals surface area contributed by atoms with Crippen LogP contribution in [0, 0.1) is 6.92 Å². The first-order valence-electron chi connectivity index (χ1n) is 9.72. The normalized spacial score (nSPS) is 10.7. The number of carbonyl (C=O) groups excluding carboxylic acids is 1. The molecule has 2 aromatic carbocycles. The van der Waals surface area contributed by atoms with Crippen LogP contribution in [0.5, 0.6) is 0 Å². The first-order valence-corrected chi connectivity index (χ1v) is 9.72. The van der Waals surface area contributed by atoms with Crippen molar-refractivity contribution in [1.29, 1.82) is 0 Å². The standard InChI is InChI=1S/C23H26N4O2/c1-5-29-22(28)19-8-6-7-9-20(19)26-23-24-16(4)14-21(27-23)25-18-12-10-17(11-13-18)15(2)3/h6-15H,5H2,1-4H3,(H2,24,25,26,27). The van der Waals surface area contributed by atoms with Gasteiger partial charge in [0.15, 0.2) is 0 Å². The van der Waals surface area contributed by atoms with E-state index in [0.29, 0.717) is 35.5 Å². The Hall–Kier alpha value is -3.41. The Labute approximate surface area is 171 Å². The fourth-order valence-corrected chi connectivity index (χ4v) is 2.89. The maximum Gasteiger partial charge on any atom is 0.340 e. The molecule has 0 atom stereocenters. The van der Waals surface area contributed by atoms with Crippen molar-refractivity contribution in [2.45, 2.75) is 33.6 Å². The summed E-state index contributed by atoms with van der Waals surface area (Å²) in [6.07, 6.45) is 0. The molecule has 1 aromatic heterocycles. The number of aromatic nitrogens is 2. The molecule has 6 heteroatoms. The number of nitrogens with one attached hydrogen (secondary N) is 2. The molecule has 0 amide bonds. The predicted octanol–water partition coefficient (Wildman–Crippen LogP) is 5.57. The van der Waals surface area contributed by atoms with E-state index in [1.54, 1.807) is 25.1 Å². The van der Waals surface area contributed by atoms with Gasteiger partial charge in [0.1, 0.15) is 5.82 Å². The zero-order valence-electron chi connectivity index (χ0n) is 17.2. The van der Waals surface area contributed by atoms with Crippen LogP contribution in [0.15, 0.2) is 54.6 Å². The van der Waals surface area contributed by atoms with Gasteiger partial charge in [-0.3, -0.25) is 0 Å². The van der Waals surface area contributed by atoms with Crippen LogP contribution in [0.1, 0.15) is 48.3 Å². The molecule has 6 nitrogen and oxygen atoms in total. The molecule has 0 saturated heterocycles. The number of anilines is 4. The molecule has 0 radical (unpaired) electrons. The minimum Gasteiger partial charge on any atom is -0.462 e. The van der Waals surface area contributed by atoms with E-state index in [9.17, 15) is 4.79 Å². The van der Waals surface area contributed by atoms with Crippen LogP contribution in [0.25, 0.3) is 0 Å². The van der Waals surface area contributed by atoms with Gasteiger partial charge >= 0.3 is 5.97 Å². The maximum absolute atomic E-state index is 12.2. The molecule has 1 heterocycles. The van der Waals surface area contributed by atoms with Gasteiger partial charge in [0.05, 0.1) is 17.9 Å². The van der Waals surface area contributed by atoms with Gasteiger partial charge in [-0.2, -0.15) is 4.98 Å². The first kappa shape index (κ1) is 20.3. The molecule has 0 bridgehead atoms. The second-order valence-corrected chi connectivity index (χ2v) is 7.01. The van der Waals surface area contributed by atoms with Gasteiger partial charge in [-0.15, -0.1) is 0 Å². The second kappa shape index (κ2) is 9.19. The number of ether oxygens (including phenoxy) is 1. The number of carbonyl (C=O) groups is 1. The Morgan fingerprint density at radius 2 is 1.76 bits per heavy atom. The Balaban J connectivity index is 1.82. The van der Waals surface area contributed by atoms with Crippen molar-refractivity contribution in [3.8, 4) is 0 Å². The largest absolute Gasteiger partial charge is 0.462 e. The molecule has 0 fully saturated rings. The number of aryl methyl sites for hydroxylation is 1. The smallest absolute Gasteiger partial charge is 0.340 e. The molecule has 0 saturated carbocycles. The van der Waals surface area contributed by atoms with Gasteiger partial charge in [0.25, 0.3) is 0 Å². The van der Waals surface area contributed by atoms with Crippen molar-refractivity contribution in [1.82, 2.24) is 9.97 Å². The van der Waals surface area contributed by atoms with E-state index in [0.717, 1.165) is 11.4 Å². The Morgan fingerprint density at radius 1 is 1.03 bits per heavy atom. The lowest BCUT2D eigenvalue weighted by Crippen LogP contribution is -2.09. The zero-order valence-corrected chi connectivity index (χ0v) is 17.2. The summed E-state index contributed by atoms with van der Waals surface area (Å²) in [5.41, 5.74) is 4.08. The highest BCUT2D eigenvalue weighted by atomic mass is 16.5.